The van der Waals surface area contributed by atoms with Gasteiger partial charge in [0.2, 0.25) is 16.3 Å². The second-order valence-electron chi connectivity index (χ2n) is 4.54. The first-order valence-electron chi connectivity index (χ1n) is 5.86. The number of rotatable bonds is 6. The SMILES string of the molecule is C=C(C)C(=O)NC(CCC)OS(=O)(=O)[O-].C[NH+](C)C. The number of amides is 1. The molecule has 19 heavy (non-hydrogen) atoms. The van der Waals surface area contributed by atoms with E-state index in [4.69, 9.17) is 0 Å². The van der Waals surface area contributed by atoms with Crippen LogP contribution >= 0.6 is 0 Å². The topological polar surface area (TPSA) is 100.0 Å². The Kier molecular flexibility index (Phi) is 10.6. The summed E-state index contributed by atoms with van der Waals surface area (Å²) in [6.45, 7) is 6.60. The Morgan fingerprint density at radius 3 is 2.11 bits per heavy atom. The van der Waals surface area contributed by atoms with Gasteiger partial charge >= 0.3 is 0 Å². The third-order valence-corrected chi connectivity index (χ3v) is 1.93. The van der Waals surface area contributed by atoms with E-state index in [0.29, 0.717) is 6.42 Å². The van der Waals surface area contributed by atoms with Gasteiger partial charge in [0, 0.05) is 5.57 Å². The van der Waals surface area contributed by atoms with Crippen LogP contribution in [0.25, 0.3) is 0 Å². The van der Waals surface area contributed by atoms with Crippen LogP contribution in [0.2, 0.25) is 0 Å². The number of nitrogens with one attached hydrogen (secondary N) is 2. The van der Waals surface area contributed by atoms with E-state index in [1.165, 1.54) is 11.8 Å². The molecule has 2 N–H and O–H groups in total. The van der Waals surface area contributed by atoms with Gasteiger partial charge < -0.3 is 14.8 Å². The van der Waals surface area contributed by atoms with Gasteiger partial charge in [-0.25, -0.2) is 8.42 Å². The molecule has 0 aliphatic heterocycles. The van der Waals surface area contributed by atoms with Gasteiger partial charge in [0.25, 0.3) is 0 Å². The zero-order valence-corrected chi connectivity index (χ0v) is 13.0. The molecule has 114 valence electrons. The summed E-state index contributed by atoms with van der Waals surface area (Å²) in [5.41, 5.74) is 0.211. The maximum Gasteiger partial charge on any atom is 0.248 e. The molecule has 0 heterocycles. The average molecular weight is 296 g/mol. The van der Waals surface area contributed by atoms with Gasteiger partial charge in [0.15, 0.2) is 0 Å². The van der Waals surface area contributed by atoms with Crippen LogP contribution in [-0.2, 0) is 19.4 Å². The first-order chi connectivity index (χ1) is 8.49. The average Bonchev–Trinajstić information content (AvgIpc) is 2.13. The van der Waals surface area contributed by atoms with Crippen LogP contribution in [0.4, 0.5) is 0 Å². The van der Waals surface area contributed by atoms with E-state index >= 15 is 0 Å². The summed E-state index contributed by atoms with van der Waals surface area (Å²) in [5.74, 6) is -0.544. The Labute approximate surface area is 115 Å². The molecular formula is C11H24N2O5S. The van der Waals surface area contributed by atoms with Crippen LogP contribution < -0.4 is 10.2 Å². The van der Waals surface area contributed by atoms with E-state index in [-0.39, 0.29) is 12.0 Å². The minimum atomic E-state index is -4.81. The lowest BCUT2D eigenvalue weighted by Gasteiger charge is -2.19. The van der Waals surface area contributed by atoms with Gasteiger partial charge in [-0.05, 0) is 13.3 Å². The van der Waals surface area contributed by atoms with Gasteiger partial charge in [0.05, 0.1) is 21.1 Å². The molecule has 0 radical (unpaired) electrons. The third-order valence-electron chi connectivity index (χ3n) is 1.46. The third kappa shape index (κ3) is 17.0. The fourth-order valence-electron chi connectivity index (χ4n) is 0.818. The Hall–Kier alpha value is -0.960. The first kappa shape index (κ1) is 20.4. The highest BCUT2D eigenvalue weighted by atomic mass is 32.3. The molecule has 1 unspecified atom stereocenters. The van der Waals surface area contributed by atoms with Crippen molar-refractivity contribution in [3.8, 4) is 0 Å². The normalized spacial score (nSPS) is 12.4. The first-order valence-corrected chi connectivity index (χ1v) is 7.20. The Morgan fingerprint density at radius 1 is 1.42 bits per heavy atom. The molecule has 0 saturated heterocycles. The second-order valence-corrected chi connectivity index (χ2v) is 5.54. The number of hydrogen-bond donors (Lipinski definition) is 2. The van der Waals surface area contributed by atoms with Crippen LogP contribution in [0.3, 0.4) is 0 Å². The second kappa shape index (κ2) is 9.90. The molecule has 1 atom stereocenters. The zero-order chi connectivity index (χ0) is 15.6. The van der Waals surface area contributed by atoms with Crippen LogP contribution in [0, 0.1) is 0 Å². The van der Waals surface area contributed by atoms with Gasteiger partial charge in [-0.2, -0.15) is 0 Å². The lowest BCUT2D eigenvalue weighted by Crippen LogP contribution is -3.02. The highest BCUT2D eigenvalue weighted by Crippen LogP contribution is 2.03. The summed E-state index contributed by atoms with van der Waals surface area (Å²) >= 11 is 0. The molecule has 1 amide bonds. The fraction of sp³-hybridized carbons (Fsp3) is 0.727. The minimum Gasteiger partial charge on any atom is -0.725 e. The summed E-state index contributed by atoms with van der Waals surface area (Å²) in [5, 5.41) is 2.23. The van der Waals surface area contributed by atoms with Crippen LogP contribution in [0.15, 0.2) is 12.2 Å². The summed E-state index contributed by atoms with van der Waals surface area (Å²) in [6, 6.07) is 0. The fourth-order valence-corrected chi connectivity index (χ4v) is 1.25. The number of hydrogen-bond acceptors (Lipinski definition) is 5. The predicted molar refractivity (Wildman–Crippen MR) is 71.2 cm³/mol. The standard InChI is InChI=1S/C8H15NO5S.C3H9N/c1-4-5-7(14-15(11,12)13)9-8(10)6(2)3;1-4(2)3/h7H,2,4-5H2,1,3H3,(H,9,10)(H,11,12,13);1-3H3. The summed E-state index contributed by atoms with van der Waals surface area (Å²) in [7, 11) is 1.44. The van der Waals surface area contributed by atoms with Gasteiger partial charge in [0.1, 0.15) is 6.23 Å². The smallest absolute Gasteiger partial charge is 0.248 e. The molecule has 0 aliphatic carbocycles. The maximum absolute atomic E-state index is 11.1. The van der Waals surface area contributed by atoms with E-state index in [2.05, 4.69) is 37.2 Å². The van der Waals surface area contributed by atoms with Crippen LogP contribution in [0.5, 0.6) is 0 Å². The van der Waals surface area contributed by atoms with E-state index in [9.17, 15) is 17.8 Å². The van der Waals surface area contributed by atoms with Crippen LogP contribution in [0.1, 0.15) is 26.7 Å². The minimum absolute atomic E-state index is 0.211. The van der Waals surface area contributed by atoms with Crippen molar-refractivity contribution in [2.45, 2.75) is 32.9 Å². The van der Waals surface area contributed by atoms with E-state index < -0.39 is 22.5 Å². The molecule has 0 rings (SSSR count). The van der Waals surface area contributed by atoms with E-state index in [0.717, 1.165) is 0 Å². The molecule has 7 nitrogen and oxygen atoms in total. The molecule has 0 aromatic heterocycles. The van der Waals surface area contributed by atoms with Crippen molar-refractivity contribution < 1.29 is 26.8 Å². The van der Waals surface area contributed by atoms with Gasteiger partial charge in [-0.1, -0.05) is 19.9 Å². The largest absolute Gasteiger partial charge is 0.725 e. The molecular weight excluding hydrogens is 272 g/mol. The van der Waals surface area contributed by atoms with E-state index in [1.807, 2.05) is 0 Å². The lowest BCUT2D eigenvalue weighted by molar-refractivity contribution is -0.836. The van der Waals surface area contributed by atoms with Gasteiger partial charge in [-0.15, -0.1) is 0 Å². The maximum atomic E-state index is 11.1. The van der Waals surface area contributed by atoms with Crippen molar-refractivity contribution in [3.05, 3.63) is 12.2 Å². The number of carbonyl (C=O) groups is 1. The molecule has 0 aromatic carbocycles. The molecule has 0 saturated carbocycles. The molecule has 0 bridgehead atoms. The highest BCUT2D eigenvalue weighted by Gasteiger charge is 2.14. The predicted octanol–water partition coefficient (Wildman–Crippen LogP) is -0.958. The Balaban J connectivity index is 0. The summed E-state index contributed by atoms with van der Waals surface area (Å²) in [6.07, 6.45) is -0.321. The summed E-state index contributed by atoms with van der Waals surface area (Å²) in [4.78, 5) is 12.5. The zero-order valence-electron chi connectivity index (χ0n) is 12.1. The molecule has 8 heteroatoms. The molecule has 0 spiro atoms. The van der Waals surface area contributed by atoms with E-state index in [1.54, 1.807) is 6.92 Å². The molecule has 0 aliphatic rings. The monoisotopic (exact) mass is 296 g/mol. The summed E-state index contributed by atoms with van der Waals surface area (Å²) < 4.78 is 35.1. The lowest BCUT2D eigenvalue weighted by atomic mass is 10.3. The number of carbonyl (C=O) groups excluding carboxylic acids is 1. The number of quaternary nitrogens is 1. The molecule has 0 fully saturated rings. The Morgan fingerprint density at radius 2 is 1.84 bits per heavy atom. The van der Waals surface area contributed by atoms with Crippen molar-refractivity contribution in [2.75, 3.05) is 21.1 Å². The van der Waals surface area contributed by atoms with Crippen molar-refractivity contribution in [2.24, 2.45) is 0 Å². The van der Waals surface area contributed by atoms with Crippen molar-refractivity contribution >= 4 is 16.3 Å². The molecule has 0 aromatic rings. The van der Waals surface area contributed by atoms with Gasteiger partial charge in [-0.3, -0.25) is 8.98 Å². The van der Waals surface area contributed by atoms with Crippen molar-refractivity contribution in [3.63, 3.8) is 0 Å². The van der Waals surface area contributed by atoms with Crippen LogP contribution in [-0.4, -0.2) is 46.2 Å². The van der Waals surface area contributed by atoms with Crippen molar-refractivity contribution in [1.82, 2.24) is 5.32 Å². The Bertz CT molecular complexity index is 376. The quantitative estimate of drug-likeness (QED) is 0.285. The van der Waals surface area contributed by atoms with Crippen molar-refractivity contribution in [1.29, 1.82) is 0 Å². The highest BCUT2D eigenvalue weighted by molar-refractivity contribution is 7.80.